The quantitative estimate of drug-likeness (QED) is 0.0529. The number of rotatable bonds is 19. The van der Waals surface area contributed by atoms with E-state index in [0.29, 0.717) is 9.81 Å². The van der Waals surface area contributed by atoms with Crippen LogP contribution in [-0.2, 0) is 32.0 Å². The van der Waals surface area contributed by atoms with E-state index in [1.165, 1.54) is 33.7 Å². The lowest BCUT2D eigenvalue weighted by Crippen LogP contribution is -2.41. The highest BCUT2D eigenvalue weighted by Crippen LogP contribution is 2.51. The fourth-order valence-corrected chi connectivity index (χ4v) is 14.8. The minimum Gasteiger partial charge on any atom is -0.480 e. The summed E-state index contributed by atoms with van der Waals surface area (Å²) in [4.78, 5) is 60.5. The van der Waals surface area contributed by atoms with Gasteiger partial charge < -0.3 is 15.1 Å². The third kappa shape index (κ3) is 10.9. The molecule has 2 aromatic heterocycles. The number of thiocarbonyl (C=S) groups is 2. The number of hydrogen-bond acceptors (Lipinski definition) is 12. The smallest absolute Gasteiger partial charge is 0.323 e. The number of allylic oxidation sites excluding steroid dienone is 2. The van der Waals surface area contributed by atoms with Gasteiger partial charge in [0.05, 0.1) is 26.8 Å². The zero-order valence-corrected chi connectivity index (χ0v) is 42.2. The number of carboxylic acids is 2. The third-order valence-corrected chi connectivity index (χ3v) is 18.0. The van der Waals surface area contributed by atoms with Crippen LogP contribution < -0.4 is 4.90 Å². The van der Waals surface area contributed by atoms with Crippen molar-refractivity contribution in [1.82, 2.24) is 9.80 Å². The number of nitrogens with zero attached hydrogens (tertiary/aromatic N) is 3. The molecule has 3 aliphatic heterocycles. The number of thioether (sulfide) groups is 3. The van der Waals surface area contributed by atoms with Gasteiger partial charge in [-0.1, -0.05) is 143 Å². The maximum Gasteiger partial charge on any atom is 0.323 e. The molecular weight excluding hydrogens is 963 g/mol. The van der Waals surface area contributed by atoms with Gasteiger partial charge in [-0.3, -0.25) is 29.0 Å². The summed E-state index contributed by atoms with van der Waals surface area (Å²) in [6.45, 7) is 3.51. The van der Waals surface area contributed by atoms with E-state index < -0.39 is 25.0 Å². The number of para-hydroxylation sites is 1. The normalized spacial score (nSPS) is 19.4. The Labute approximate surface area is 417 Å². The average molecular weight is 1010 g/mol. The van der Waals surface area contributed by atoms with Gasteiger partial charge in [0.25, 0.3) is 11.8 Å². The van der Waals surface area contributed by atoms with Gasteiger partial charge in [0.15, 0.2) is 0 Å². The van der Waals surface area contributed by atoms with Gasteiger partial charge in [-0.15, -0.1) is 34.4 Å². The number of anilines is 2. The predicted octanol–water partition coefficient (Wildman–Crippen LogP) is 12.9. The molecule has 9 nitrogen and oxygen atoms in total. The van der Waals surface area contributed by atoms with Crippen molar-refractivity contribution in [1.29, 1.82) is 0 Å². The van der Waals surface area contributed by atoms with Gasteiger partial charge >= 0.3 is 11.9 Å². The Morgan fingerprint density at radius 1 is 0.712 bits per heavy atom. The first-order chi connectivity index (χ1) is 31.9. The number of benzene rings is 2. The maximum atomic E-state index is 13.3. The van der Waals surface area contributed by atoms with E-state index >= 15 is 0 Å². The summed E-state index contributed by atoms with van der Waals surface area (Å²) < 4.78 is 0.509. The van der Waals surface area contributed by atoms with Crippen LogP contribution in [0.25, 0.3) is 28.2 Å². The molecule has 5 heterocycles. The lowest BCUT2D eigenvalue weighted by Gasteiger charge is -2.42. The predicted molar refractivity (Wildman–Crippen MR) is 284 cm³/mol. The topological polar surface area (TPSA) is 118 Å². The summed E-state index contributed by atoms with van der Waals surface area (Å²) in [7, 11) is 0. The molecule has 8 rings (SSSR count). The van der Waals surface area contributed by atoms with E-state index in [2.05, 4.69) is 91.6 Å². The van der Waals surface area contributed by atoms with Crippen LogP contribution >= 0.6 is 82.4 Å². The highest BCUT2D eigenvalue weighted by atomic mass is 32.2. The maximum absolute atomic E-state index is 13.3. The van der Waals surface area contributed by atoms with E-state index in [1.807, 2.05) is 30.0 Å². The number of aliphatic carboxylic acids is 2. The van der Waals surface area contributed by atoms with Crippen LogP contribution in [0.5, 0.6) is 0 Å². The number of carboxylic acid groups (broad SMARTS) is 2. The van der Waals surface area contributed by atoms with Gasteiger partial charge in [-0.05, 0) is 96.5 Å². The van der Waals surface area contributed by atoms with Crippen LogP contribution in [0.1, 0.15) is 91.0 Å². The van der Waals surface area contributed by atoms with Crippen molar-refractivity contribution in [3.05, 3.63) is 114 Å². The SMILES string of the molecule is CCCCCCc1cc(/C=C2/SC(=S)N(CC(=O)O)C2=O)sc1C1=CC2Sc3cc(-c4sc(/C=C5/SC(=S)N(CC(=O)O)C5=O)cc4CCCCCC)ccc3N(c3ccccc3)C2C=C1. The molecule has 0 spiro atoms. The summed E-state index contributed by atoms with van der Waals surface area (Å²) in [5.74, 6) is -2.96. The van der Waals surface area contributed by atoms with Crippen molar-refractivity contribution < 1.29 is 29.4 Å². The molecule has 2 amide bonds. The zero-order valence-electron chi connectivity index (χ0n) is 36.5. The van der Waals surface area contributed by atoms with Crippen molar-refractivity contribution in [3.8, 4) is 10.4 Å². The second kappa shape index (κ2) is 21.8. The largest absolute Gasteiger partial charge is 0.480 e. The molecule has 2 saturated heterocycles. The Hall–Kier alpha value is -4.29. The molecule has 2 fully saturated rings. The molecule has 1 aliphatic carbocycles. The summed E-state index contributed by atoms with van der Waals surface area (Å²) in [6.07, 6.45) is 21.5. The molecule has 4 aliphatic rings. The van der Waals surface area contributed by atoms with E-state index in [-0.39, 0.29) is 31.7 Å². The third-order valence-electron chi connectivity index (χ3n) is 11.6. The number of fused-ring (bicyclic) bond motifs is 2. The van der Waals surface area contributed by atoms with Crippen LogP contribution in [0.2, 0.25) is 0 Å². The Morgan fingerprint density at radius 2 is 1.27 bits per heavy atom. The standard InChI is InChI=1S/C50H49N3O6S7/c1-3-5-7-10-14-30-22-35(26-41-47(58)51(28-43(54)55)49(60)65-41)62-45(30)32-18-20-37-39(24-32)64-40-25-33(19-21-38(40)53(37)34-16-12-9-13-17-34)46-31(15-11-8-6-4-2)23-36(63-46)27-42-48(59)52(29-44(56)57)50(61)66-42/h9,12-13,16-27,37,39H,3-8,10-11,14-15,28-29H2,1-2H3,(H,54,55)(H,56,57)/b41-26+,42-27+. The Morgan fingerprint density at radius 3 is 1.83 bits per heavy atom. The van der Waals surface area contributed by atoms with Gasteiger partial charge in [-0.2, -0.15) is 0 Å². The molecule has 2 aromatic carbocycles. The van der Waals surface area contributed by atoms with Crippen LogP contribution in [0.15, 0.2) is 93.6 Å². The van der Waals surface area contributed by atoms with E-state index in [0.717, 1.165) is 122 Å². The first-order valence-electron chi connectivity index (χ1n) is 22.2. The van der Waals surface area contributed by atoms with E-state index in [1.54, 1.807) is 22.7 Å². The van der Waals surface area contributed by atoms with Gasteiger partial charge in [-0.25, -0.2) is 0 Å². The first-order valence-corrected chi connectivity index (χ1v) is 27.1. The highest BCUT2D eigenvalue weighted by molar-refractivity contribution is 8.27. The molecule has 0 radical (unpaired) electrons. The van der Waals surface area contributed by atoms with Crippen LogP contribution in [-0.4, -0.2) is 76.8 Å². The molecule has 66 heavy (non-hydrogen) atoms. The Kier molecular flexibility index (Phi) is 15.9. The van der Waals surface area contributed by atoms with Crippen LogP contribution in [0.4, 0.5) is 11.4 Å². The second-order valence-corrected chi connectivity index (χ2v) is 23.1. The van der Waals surface area contributed by atoms with E-state index in [4.69, 9.17) is 24.4 Å². The number of thiophene rings is 2. The number of unbranched alkanes of at least 4 members (excludes halogenated alkanes) is 6. The number of carbonyl (C=O) groups excluding carboxylic acids is 2. The summed E-state index contributed by atoms with van der Waals surface area (Å²) in [5, 5.41) is 18.8. The van der Waals surface area contributed by atoms with Gasteiger partial charge in [0, 0.05) is 30.1 Å². The van der Waals surface area contributed by atoms with Crippen LogP contribution in [0, 0.1) is 0 Å². The molecule has 2 N–H and O–H groups in total. The number of hydrogen-bond donors (Lipinski definition) is 2. The fourth-order valence-electron chi connectivity index (χ4n) is 8.48. The van der Waals surface area contributed by atoms with Gasteiger partial charge in [0.2, 0.25) is 0 Å². The Bertz CT molecular complexity index is 2700. The summed E-state index contributed by atoms with van der Waals surface area (Å²) in [6, 6.07) is 21.7. The summed E-state index contributed by atoms with van der Waals surface area (Å²) in [5.41, 5.74) is 6.97. The van der Waals surface area contributed by atoms with Crippen molar-refractivity contribution in [2.24, 2.45) is 0 Å². The molecular formula is C50H49N3O6S7. The van der Waals surface area contributed by atoms with Crippen molar-refractivity contribution in [2.45, 2.75) is 94.2 Å². The number of carbonyl (C=O) groups is 4. The second-order valence-electron chi connectivity index (χ2n) is 16.4. The number of aryl methyl sites for hydroxylation is 2. The lowest BCUT2D eigenvalue weighted by atomic mass is 9.95. The molecule has 2 atom stereocenters. The van der Waals surface area contributed by atoms with Crippen molar-refractivity contribution in [3.63, 3.8) is 0 Å². The van der Waals surface area contributed by atoms with E-state index in [9.17, 15) is 29.4 Å². The molecule has 342 valence electrons. The monoisotopic (exact) mass is 1010 g/mol. The Balaban J connectivity index is 1.15. The molecule has 4 aromatic rings. The average Bonchev–Trinajstić information content (AvgIpc) is 4.03. The summed E-state index contributed by atoms with van der Waals surface area (Å²) >= 11 is 18.3. The van der Waals surface area contributed by atoms with Crippen LogP contribution in [0.3, 0.4) is 0 Å². The van der Waals surface area contributed by atoms with Gasteiger partial charge in [0.1, 0.15) is 21.7 Å². The van der Waals surface area contributed by atoms with Crippen molar-refractivity contribution in [2.75, 3.05) is 18.0 Å². The fraction of sp³-hybridized carbons (Fsp3) is 0.320. The molecule has 16 heteroatoms. The molecule has 0 saturated carbocycles. The highest BCUT2D eigenvalue weighted by Gasteiger charge is 2.38. The molecule has 2 unspecified atom stereocenters. The molecule has 0 bridgehead atoms. The minimum absolute atomic E-state index is 0.0464. The van der Waals surface area contributed by atoms with Crippen molar-refractivity contribution >= 4 is 144 Å². The number of amides is 2. The first kappa shape index (κ1) is 48.2. The minimum atomic E-state index is -1.10. The lowest BCUT2D eigenvalue weighted by molar-refractivity contribution is -0.140. The zero-order chi connectivity index (χ0) is 46.5.